The standard InChI is InChI=1S/C25H30ClN3O2/c1-28(2)18-6-8-19(9-7-18)29(3)23-11-12-27-22-10-5-16(13-20(22)23)17-14-21(26)25(30)24(15-17)31-4/h5,10-15,18-19,30H,6-9H2,1-4H3. The second-order valence-corrected chi connectivity index (χ2v) is 9.02. The number of rotatable bonds is 5. The highest BCUT2D eigenvalue weighted by Gasteiger charge is 2.26. The zero-order valence-corrected chi connectivity index (χ0v) is 19.4. The molecule has 5 nitrogen and oxygen atoms in total. The lowest BCUT2D eigenvalue weighted by molar-refractivity contribution is 0.215. The topological polar surface area (TPSA) is 48.8 Å². The summed E-state index contributed by atoms with van der Waals surface area (Å²) in [4.78, 5) is 9.35. The fourth-order valence-electron chi connectivity index (χ4n) is 4.67. The quantitative estimate of drug-likeness (QED) is 0.562. The van der Waals surface area contributed by atoms with E-state index < -0.39 is 0 Å². The third-order valence-corrected chi connectivity index (χ3v) is 6.91. The van der Waals surface area contributed by atoms with E-state index in [4.69, 9.17) is 16.3 Å². The Morgan fingerprint density at radius 1 is 0.968 bits per heavy atom. The summed E-state index contributed by atoms with van der Waals surface area (Å²) in [5.74, 6) is 0.327. The summed E-state index contributed by atoms with van der Waals surface area (Å²) in [5, 5.41) is 11.5. The van der Waals surface area contributed by atoms with Crippen LogP contribution in [-0.4, -0.2) is 55.3 Å². The Hall–Kier alpha value is -2.50. The molecule has 0 amide bonds. The predicted octanol–water partition coefficient (Wildman–Crippen LogP) is 5.58. The summed E-state index contributed by atoms with van der Waals surface area (Å²) >= 11 is 6.23. The smallest absolute Gasteiger partial charge is 0.176 e. The largest absolute Gasteiger partial charge is 0.503 e. The maximum Gasteiger partial charge on any atom is 0.176 e. The highest BCUT2D eigenvalue weighted by atomic mass is 35.5. The number of halogens is 1. The van der Waals surface area contributed by atoms with Crippen LogP contribution in [0.2, 0.25) is 5.02 Å². The molecule has 0 unspecified atom stereocenters. The van der Waals surface area contributed by atoms with Crippen LogP contribution >= 0.6 is 11.6 Å². The number of methoxy groups -OCH3 is 1. The van der Waals surface area contributed by atoms with Gasteiger partial charge in [-0.25, -0.2) is 0 Å². The summed E-state index contributed by atoms with van der Waals surface area (Å²) in [6.45, 7) is 0. The van der Waals surface area contributed by atoms with Crippen molar-refractivity contribution >= 4 is 28.2 Å². The molecule has 1 saturated carbocycles. The Labute approximate surface area is 189 Å². The Balaban J connectivity index is 1.69. The number of benzene rings is 2. The molecule has 1 aromatic heterocycles. The molecule has 4 rings (SSSR count). The van der Waals surface area contributed by atoms with Crippen molar-refractivity contribution in [3.8, 4) is 22.6 Å². The first-order valence-corrected chi connectivity index (χ1v) is 11.1. The molecule has 6 heteroatoms. The molecule has 0 atom stereocenters. The first-order valence-electron chi connectivity index (χ1n) is 10.7. The normalized spacial score (nSPS) is 19.0. The number of aromatic nitrogens is 1. The molecule has 0 radical (unpaired) electrons. The molecule has 3 aromatic rings. The van der Waals surface area contributed by atoms with Gasteiger partial charge in [0.15, 0.2) is 11.5 Å². The third kappa shape index (κ3) is 4.30. The number of hydrogen-bond donors (Lipinski definition) is 1. The average molecular weight is 440 g/mol. The second kappa shape index (κ2) is 8.93. The van der Waals surface area contributed by atoms with Crippen molar-refractivity contribution in [1.29, 1.82) is 0 Å². The summed E-state index contributed by atoms with van der Waals surface area (Å²) in [7, 11) is 8.08. The van der Waals surface area contributed by atoms with Gasteiger partial charge in [-0.2, -0.15) is 0 Å². The fraction of sp³-hybridized carbons (Fsp3) is 0.400. The molecular weight excluding hydrogens is 410 g/mol. The van der Waals surface area contributed by atoms with E-state index in [1.54, 1.807) is 6.07 Å². The summed E-state index contributed by atoms with van der Waals surface area (Å²) in [5.41, 5.74) is 4.06. The molecule has 0 saturated heterocycles. The molecule has 164 valence electrons. The number of aromatic hydroxyl groups is 1. The zero-order chi connectivity index (χ0) is 22.1. The van der Waals surface area contributed by atoms with Gasteiger partial charge in [0.05, 0.1) is 17.6 Å². The lowest BCUT2D eigenvalue weighted by atomic mass is 9.89. The minimum absolute atomic E-state index is 0.0379. The Bertz CT molecular complexity index is 1080. The van der Waals surface area contributed by atoms with Gasteiger partial charge < -0.3 is 19.6 Å². The van der Waals surface area contributed by atoms with Crippen LogP contribution in [0.5, 0.6) is 11.5 Å². The molecule has 0 spiro atoms. The zero-order valence-electron chi connectivity index (χ0n) is 18.6. The third-order valence-electron chi connectivity index (χ3n) is 6.62. The molecule has 1 heterocycles. The van der Waals surface area contributed by atoms with E-state index in [9.17, 15) is 5.11 Å². The summed E-state index contributed by atoms with van der Waals surface area (Å²) in [6, 6.07) is 13.1. The van der Waals surface area contributed by atoms with Crippen LogP contribution in [0.1, 0.15) is 25.7 Å². The number of nitrogens with zero attached hydrogens (tertiary/aromatic N) is 3. The van der Waals surface area contributed by atoms with E-state index in [0.717, 1.165) is 22.0 Å². The van der Waals surface area contributed by atoms with Gasteiger partial charge in [0.25, 0.3) is 0 Å². The monoisotopic (exact) mass is 439 g/mol. The van der Waals surface area contributed by atoms with Crippen molar-refractivity contribution in [1.82, 2.24) is 9.88 Å². The van der Waals surface area contributed by atoms with Crippen LogP contribution in [0.25, 0.3) is 22.0 Å². The van der Waals surface area contributed by atoms with Crippen molar-refractivity contribution < 1.29 is 9.84 Å². The number of ether oxygens (including phenoxy) is 1. The molecular formula is C25H30ClN3O2. The molecule has 2 aromatic carbocycles. The van der Waals surface area contributed by atoms with E-state index >= 15 is 0 Å². The highest BCUT2D eigenvalue weighted by Crippen LogP contribution is 2.40. The molecule has 1 aliphatic carbocycles. The van der Waals surface area contributed by atoms with Crippen LogP contribution in [0.15, 0.2) is 42.6 Å². The summed E-state index contributed by atoms with van der Waals surface area (Å²) < 4.78 is 5.28. The van der Waals surface area contributed by atoms with E-state index in [-0.39, 0.29) is 10.8 Å². The van der Waals surface area contributed by atoms with Gasteiger partial charge in [0, 0.05) is 36.4 Å². The predicted molar refractivity (Wildman–Crippen MR) is 129 cm³/mol. The van der Waals surface area contributed by atoms with Crippen molar-refractivity contribution in [2.24, 2.45) is 0 Å². The SMILES string of the molecule is COc1cc(-c2ccc3nccc(N(C)C4CCC(N(C)C)CC4)c3c2)cc(Cl)c1O. The van der Waals surface area contributed by atoms with Crippen LogP contribution in [0.4, 0.5) is 5.69 Å². The van der Waals surface area contributed by atoms with Crippen molar-refractivity contribution in [3.05, 3.63) is 47.6 Å². The summed E-state index contributed by atoms with van der Waals surface area (Å²) in [6.07, 6.45) is 6.71. The van der Waals surface area contributed by atoms with E-state index in [1.807, 2.05) is 24.4 Å². The molecule has 1 N–H and O–H groups in total. The Morgan fingerprint density at radius 3 is 2.35 bits per heavy atom. The van der Waals surface area contributed by atoms with Crippen LogP contribution < -0.4 is 9.64 Å². The van der Waals surface area contributed by atoms with E-state index in [2.05, 4.69) is 48.1 Å². The van der Waals surface area contributed by atoms with Crippen LogP contribution in [-0.2, 0) is 0 Å². The second-order valence-electron chi connectivity index (χ2n) is 8.61. The lowest BCUT2D eigenvalue weighted by Crippen LogP contribution is -2.40. The van der Waals surface area contributed by atoms with Crippen LogP contribution in [0, 0.1) is 0 Å². The first-order chi connectivity index (χ1) is 14.9. The number of phenolic OH excluding ortho intramolecular Hbond substituents is 1. The molecule has 1 aliphatic rings. The van der Waals surface area contributed by atoms with Gasteiger partial charge in [-0.15, -0.1) is 0 Å². The maximum absolute atomic E-state index is 10.1. The van der Waals surface area contributed by atoms with Gasteiger partial charge in [0.1, 0.15) is 0 Å². The fourth-order valence-corrected chi connectivity index (χ4v) is 4.88. The molecule has 31 heavy (non-hydrogen) atoms. The molecule has 1 fully saturated rings. The first kappa shape index (κ1) is 21.7. The van der Waals surface area contributed by atoms with Crippen molar-refractivity contribution in [2.75, 3.05) is 33.2 Å². The van der Waals surface area contributed by atoms with Gasteiger partial charge in [-0.05, 0) is 81.2 Å². The maximum atomic E-state index is 10.1. The van der Waals surface area contributed by atoms with Crippen molar-refractivity contribution in [2.45, 2.75) is 37.8 Å². The van der Waals surface area contributed by atoms with Crippen molar-refractivity contribution in [3.63, 3.8) is 0 Å². The Kier molecular flexibility index (Phi) is 6.26. The average Bonchev–Trinajstić information content (AvgIpc) is 2.79. The minimum atomic E-state index is -0.0379. The Morgan fingerprint density at radius 2 is 1.68 bits per heavy atom. The highest BCUT2D eigenvalue weighted by molar-refractivity contribution is 6.32. The number of phenols is 1. The number of fused-ring (bicyclic) bond motifs is 1. The van der Waals surface area contributed by atoms with E-state index in [1.165, 1.54) is 38.5 Å². The van der Waals surface area contributed by atoms with Gasteiger partial charge in [-0.1, -0.05) is 17.7 Å². The number of anilines is 1. The number of pyridine rings is 1. The van der Waals surface area contributed by atoms with E-state index in [0.29, 0.717) is 17.8 Å². The van der Waals surface area contributed by atoms with Gasteiger partial charge in [0.2, 0.25) is 0 Å². The van der Waals surface area contributed by atoms with Gasteiger partial charge >= 0.3 is 0 Å². The van der Waals surface area contributed by atoms with Gasteiger partial charge in [-0.3, -0.25) is 4.98 Å². The molecule has 0 aliphatic heterocycles. The minimum Gasteiger partial charge on any atom is -0.503 e. The lowest BCUT2D eigenvalue weighted by Gasteiger charge is -2.38. The van der Waals surface area contributed by atoms with Crippen LogP contribution in [0.3, 0.4) is 0 Å². The molecule has 0 bridgehead atoms. The number of hydrogen-bond acceptors (Lipinski definition) is 5.